The summed E-state index contributed by atoms with van der Waals surface area (Å²) >= 11 is 0. The molecule has 2 rings (SSSR count). The molecule has 0 unspecified atom stereocenters. The standard InChI is InChI=1S/C17H22N4O7/c1-17(2,3)28-16(23)20-14-13(10-12(11-18-14)21(24)25)15(19-20)27-9-5-8-26-7-4-6-22/h6,10-11H,4-5,7-9H2,1-3H3. The van der Waals surface area contributed by atoms with Crippen molar-refractivity contribution in [3.05, 3.63) is 22.4 Å². The number of carbonyl (C=O) groups is 2. The summed E-state index contributed by atoms with van der Waals surface area (Å²) in [7, 11) is 0. The number of rotatable bonds is 9. The first-order valence-corrected chi connectivity index (χ1v) is 8.63. The van der Waals surface area contributed by atoms with Gasteiger partial charge in [0.05, 0.1) is 23.5 Å². The lowest BCUT2D eigenvalue weighted by molar-refractivity contribution is -0.385. The van der Waals surface area contributed by atoms with Crippen molar-refractivity contribution < 1.29 is 28.7 Å². The molecule has 11 nitrogen and oxygen atoms in total. The van der Waals surface area contributed by atoms with Crippen molar-refractivity contribution in [1.29, 1.82) is 0 Å². The van der Waals surface area contributed by atoms with Gasteiger partial charge in [0.1, 0.15) is 18.1 Å². The van der Waals surface area contributed by atoms with Gasteiger partial charge in [0.2, 0.25) is 5.88 Å². The number of nitrogens with zero attached hydrogens (tertiary/aromatic N) is 4. The van der Waals surface area contributed by atoms with Crippen LogP contribution < -0.4 is 4.74 Å². The summed E-state index contributed by atoms with van der Waals surface area (Å²) < 4.78 is 17.0. The number of fused-ring (bicyclic) bond motifs is 1. The molecule has 0 saturated heterocycles. The lowest BCUT2D eigenvalue weighted by Crippen LogP contribution is -2.27. The second kappa shape index (κ2) is 9.22. The highest BCUT2D eigenvalue weighted by atomic mass is 16.6. The van der Waals surface area contributed by atoms with Crippen LogP contribution in [0.2, 0.25) is 0 Å². The van der Waals surface area contributed by atoms with E-state index in [9.17, 15) is 19.7 Å². The van der Waals surface area contributed by atoms with Gasteiger partial charge in [-0.05, 0) is 20.8 Å². The fraction of sp³-hybridized carbons (Fsp3) is 0.529. The van der Waals surface area contributed by atoms with Gasteiger partial charge in [0.15, 0.2) is 5.65 Å². The van der Waals surface area contributed by atoms with E-state index in [1.807, 2.05) is 0 Å². The molecule has 2 aromatic heterocycles. The van der Waals surface area contributed by atoms with Gasteiger partial charge < -0.3 is 19.0 Å². The van der Waals surface area contributed by atoms with E-state index in [0.29, 0.717) is 26.1 Å². The molecule has 28 heavy (non-hydrogen) atoms. The van der Waals surface area contributed by atoms with E-state index >= 15 is 0 Å². The lowest BCUT2D eigenvalue weighted by Gasteiger charge is -2.18. The molecule has 0 saturated carbocycles. The van der Waals surface area contributed by atoms with Crippen molar-refractivity contribution in [3.63, 3.8) is 0 Å². The van der Waals surface area contributed by atoms with Crippen molar-refractivity contribution >= 4 is 29.1 Å². The normalized spacial score (nSPS) is 11.4. The number of aldehydes is 1. The van der Waals surface area contributed by atoms with Crippen LogP contribution in [0, 0.1) is 10.1 Å². The molecule has 0 aliphatic heterocycles. The van der Waals surface area contributed by atoms with Gasteiger partial charge in [-0.25, -0.2) is 9.78 Å². The first-order chi connectivity index (χ1) is 13.2. The molecule has 0 spiro atoms. The zero-order valence-electron chi connectivity index (χ0n) is 15.9. The van der Waals surface area contributed by atoms with E-state index < -0.39 is 16.6 Å². The maximum absolute atomic E-state index is 12.4. The highest BCUT2D eigenvalue weighted by Gasteiger charge is 2.25. The summed E-state index contributed by atoms with van der Waals surface area (Å²) in [5.74, 6) is 0.0324. The van der Waals surface area contributed by atoms with Gasteiger partial charge in [0.25, 0.3) is 5.69 Å². The van der Waals surface area contributed by atoms with Crippen molar-refractivity contribution in [3.8, 4) is 5.88 Å². The minimum Gasteiger partial charge on any atom is -0.476 e. The second-order valence-electron chi connectivity index (χ2n) is 6.79. The molecule has 0 aromatic carbocycles. The number of pyridine rings is 1. The minimum absolute atomic E-state index is 0.0324. The number of nitro groups is 1. The van der Waals surface area contributed by atoms with Crippen LogP contribution in [-0.4, -0.2) is 57.5 Å². The topological polar surface area (TPSA) is 136 Å². The minimum atomic E-state index is -0.772. The Hall–Kier alpha value is -3.08. The Morgan fingerprint density at radius 3 is 2.71 bits per heavy atom. The summed E-state index contributed by atoms with van der Waals surface area (Å²) in [5, 5.41) is 15.3. The molecule has 152 valence electrons. The molecule has 0 aliphatic rings. The number of aromatic nitrogens is 3. The Bertz CT molecular complexity index is 857. The lowest BCUT2D eigenvalue weighted by atomic mass is 10.2. The third kappa shape index (κ3) is 5.71. The van der Waals surface area contributed by atoms with Crippen LogP contribution in [0.5, 0.6) is 5.88 Å². The number of hydrogen-bond acceptors (Lipinski definition) is 9. The van der Waals surface area contributed by atoms with Crippen LogP contribution in [0.25, 0.3) is 11.0 Å². The summed E-state index contributed by atoms with van der Waals surface area (Å²) in [5.41, 5.74) is -0.911. The average molecular weight is 394 g/mol. The SMILES string of the molecule is CC(C)(C)OC(=O)n1nc(OCCCOCCC=O)c2cc([N+](=O)[O-])cnc21. The van der Waals surface area contributed by atoms with Crippen molar-refractivity contribution in [2.75, 3.05) is 19.8 Å². The Morgan fingerprint density at radius 2 is 2.07 bits per heavy atom. The van der Waals surface area contributed by atoms with Gasteiger partial charge in [-0.15, -0.1) is 9.78 Å². The molecule has 0 amide bonds. The number of ether oxygens (including phenoxy) is 3. The van der Waals surface area contributed by atoms with E-state index in [2.05, 4.69) is 10.1 Å². The third-order valence-corrected chi connectivity index (χ3v) is 3.30. The molecule has 2 aromatic rings. The van der Waals surface area contributed by atoms with Crippen LogP contribution >= 0.6 is 0 Å². The monoisotopic (exact) mass is 394 g/mol. The first-order valence-electron chi connectivity index (χ1n) is 8.63. The molecule has 0 aliphatic carbocycles. The third-order valence-electron chi connectivity index (χ3n) is 3.30. The molecule has 0 radical (unpaired) electrons. The highest BCUT2D eigenvalue weighted by Crippen LogP contribution is 2.27. The predicted molar refractivity (Wildman–Crippen MR) is 97.4 cm³/mol. The van der Waals surface area contributed by atoms with Crippen molar-refractivity contribution in [1.82, 2.24) is 14.8 Å². The number of hydrogen-bond donors (Lipinski definition) is 0. The molecule has 2 heterocycles. The molecule has 11 heteroatoms. The smallest absolute Gasteiger partial charge is 0.437 e. The van der Waals surface area contributed by atoms with Gasteiger partial charge in [-0.3, -0.25) is 10.1 Å². The first kappa shape index (κ1) is 21.2. The summed E-state index contributed by atoms with van der Waals surface area (Å²) in [4.78, 5) is 37.0. The van der Waals surface area contributed by atoms with Gasteiger partial charge >= 0.3 is 6.09 Å². The maximum atomic E-state index is 12.4. The Morgan fingerprint density at radius 1 is 1.32 bits per heavy atom. The fourth-order valence-corrected chi connectivity index (χ4v) is 2.17. The predicted octanol–water partition coefficient (Wildman–Crippen LogP) is 2.50. The van der Waals surface area contributed by atoms with Gasteiger partial charge in [-0.2, -0.15) is 0 Å². The van der Waals surface area contributed by atoms with E-state index in [1.54, 1.807) is 20.8 Å². The molecular weight excluding hydrogens is 372 g/mol. The largest absolute Gasteiger partial charge is 0.476 e. The number of carbonyl (C=O) groups excluding carboxylic acids is 2. The Labute approximate surface area is 160 Å². The van der Waals surface area contributed by atoms with E-state index in [4.69, 9.17) is 14.2 Å². The summed E-state index contributed by atoms with van der Waals surface area (Å²) in [6.07, 6.45) is 1.86. The maximum Gasteiger partial charge on any atom is 0.437 e. The Kier molecular flexibility index (Phi) is 6.99. The van der Waals surface area contributed by atoms with Crippen molar-refractivity contribution in [2.45, 2.75) is 39.2 Å². The van der Waals surface area contributed by atoms with Crippen LogP contribution in [-0.2, 0) is 14.3 Å². The van der Waals surface area contributed by atoms with E-state index in [0.717, 1.165) is 17.2 Å². The molecule has 0 bridgehead atoms. The van der Waals surface area contributed by atoms with Crippen LogP contribution in [0.3, 0.4) is 0 Å². The molecular formula is C17H22N4O7. The van der Waals surface area contributed by atoms with Crippen LogP contribution in [0.1, 0.15) is 33.6 Å². The summed E-state index contributed by atoms with van der Waals surface area (Å²) in [6.45, 7) is 6.02. The quantitative estimate of drug-likeness (QED) is 0.272. The second-order valence-corrected chi connectivity index (χ2v) is 6.79. The van der Waals surface area contributed by atoms with E-state index in [-0.39, 0.29) is 29.2 Å². The highest BCUT2D eigenvalue weighted by molar-refractivity contribution is 5.90. The molecule has 0 fully saturated rings. The van der Waals surface area contributed by atoms with Gasteiger partial charge in [0, 0.05) is 25.5 Å². The zero-order chi connectivity index (χ0) is 20.7. The van der Waals surface area contributed by atoms with Crippen LogP contribution in [0.15, 0.2) is 12.3 Å². The van der Waals surface area contributed by atoms with Crippen molar-refractivity contribution in [2.24, 2.45) is 0 Å². The van der Waals surface area contributed by atoms with E-state index in [1.165, 1.54) is 6.07 Å². The molecule has 0 atom stereocenters. The average Bonchev–Trinajstić information content (AvgIpc) is 2.97. The Balaban J connectivity index is 2.20. The van der Waals surface area contributed by atoms with Gasteiger partial charge in [-0.1, -0.05) is 0 Å². The molecule has 0 N–H and O–H groups in total. The fourth-order valence-electron chi connectivity index (χ4n) is 2.17. The summed E-state index contributed by atoms with van der Waals surface area (Å²) in [6, 6.07) is 1.24. The zero-order valence-corrected chi connectivity index (χ0v) is 15.9. The van der Waals surface area contributed by atoms with Crippen LogP contribution in [0.4, 0.5) is 10.5 Å².